The number of hydrogen-bond acceptors (Lipinski definition) is 2. The van der Waals surface area contributed by atoms with Crippen LogP contribution in [0.25, 0.3) is 0 Å². The van der Waals surface area contributed by atoms with Crippen LogP contribution in [0.5, 0.6) is 0 Å². The summed E-state index contributed by atoms with van der Waals surface area (Å²) in [6, 6.07) is 8.51. The Morgan fingerprint density at radius 2 is 2.06 bits per heavy atom. The van der Waals surface area contributed by atoms with Crippen molar-refractivity contribution in [2.45, 2.75) is 51.1 Å². The molecule has 1 fully saturated rings. The Hall–Kier alpha value is -0.543. The average Bonchev–Trinajstić information content (AvgIpc) is 2.62. The normalized spacial score (nSPS) is 22.7. The summed E-state index contributed by atoms with van der Waals surface area (Å²) in [6.07, 6.45) is 3.71. The monoisotopic (exact) mass is 277 g/mol. The smallest absolute Gasteiger partial charge is 0.108 e. The highest BCUT2D eigenvalue weighted by atomic mass is 32.4. The maximum absolute atomic E-state index is 4.82. The molecule has 1 nitrogen and oxygen atoms in total. The highest BCUT2D eigenvalue weighted by molar-refractivity contribution is 8.29. The first-order valence-electron chi connectivity index (χ1n) is 6.73. The van der Waals surface area contributed by atoms with Crippen LogP contribution in [-0.4, -0.2) is 18.2 Å². The number of hydrogen-bond donors (Lipinski definition) is 0. The predicted molar refractivity (Wildman–Crippen MR) is 86.9 cm³/mol. The van der Waals surface area contributed by atoms with E-state index in [9.17, 15) is 0 Å². The molecule has 1 aromatic carbocycles. The zero-order chi connectivity index (χ0) is 13.2. The van der Waals surface area contributed by atoms with Gasteiger partial charge in [-0.3, -0.25) is 4.99 Å². The van der Waals surface area contributed by atoms with Gasteiger partial charge in [-0.25, -0.2) is 0 Å². The minimum atomic E-state index is -0.991. The molecule has 1 atom stereocenters. The van der Waals surface area contributed by atoms with Gasteiger partial charge in [-0.2, -0.15) is 11.2 Å². The Bertz CT molecular complexity index is 448. The first-order chi connectivity index (χ1) is 8.42. The van der Waals surface area contributed by atoms with Crippen LogP contribution < -0.4 is 0 Å². The van der Waals surface area contributed by atoms with Crippen molar-refractivity contribution in [1.29, 1.82) is 0 Å². The zero-order valence-electron chi connectivity index (χ0n) is 11.9. The van der Waals surface area contributed by atoms with Crippen molar-refractivity contribution in [1.82, 2.24) is 0 Å². The van der Waals surface area contributed by atoms with E-state index in [0.29, 0.717) is 0 Å². The summed E-state index contributed by atoms with van der Waals surface area (Å²) in [4.78, 5) is 4.82. The van der Waals surface area contributed by atoms with Crippen molar-refractivity contribution >= 4 is 29.8 Å². The van der Waals surface area contributed by atoms with Gasteiger partial charge in [0.1, 0.15) is 7.22 Å². The lowest BCUT2D eigenvalue weighted by molar-refractivity contribution is 0.911. The van der Waals surface area contributed by atoms with Gasteiger partial charge in [0, 0.05) is 11.0 Å². The molecule has 0 heterocycles. The molecule has 0 saturated heterocycles. The summed E-state index contributed by atoms with van der Waals surface area (Å²) < 4.78 is 0. The number of aryl methyl sites for hydroxylation is 1. The third-order valence-electron chi connectivity index (χ3n) is 3.03. The van der Waals surface area contributed by atoms with Crippen molar-refractivity contribution in [3.63, 3.8) is 0 Å². The van der Waals surface area contributed by atoms with Gasteiger partial charge >= 0.3 is 0 Å². The number of aliphatic imine (C=N–C) groups is 1. The van der Waals surface area contributed by atoms with E-state index in [0.717, 1.165) is 10.9 Å². The molecule has 1 aliphatic rings. The summed E-state index contributed by atoms with van der Waals surface area (Å²) in [5.41, 5.74) is 3.82. The van der Waals surface area contributed by atoms with Gasteiger partial charge < -0.3 is 0 Å². The van der Waals surface area contributed by atoms with E-state index in [4.69, 9.17) is 4.99 Å². The standard InChI is InChI=1S/C15H23NSSi/c1-12-6-5-7-13(10-12)16-14-8-9-15(11-14)17-18(2,3)4/h5-7,10,15H,8-9,11H2,1-4H3. The Labute approximate surface area is 116 Å². The maximum atomic E-state index is 4.82. The van der Waals surface area contributed by atoms with E-state index in [1.54, 1.807) is 0 Å². The van der Waals surface area contributed by atoms with Crippen molar-refractivity contribution in [2.75, 3.05) is 0 Å². The van der Waals surface area contributed by atoms with E-state index in [1.165, 1.54) is 30.5 Å². The molecule has 0 spiro atoms. The second kappa shape index (κ2) is 5.62. The van der Waals surface area contributed by atoms with Crippen LogP contribution in [0.15, 0.2) is 29.3 Å². The second-order valence-electron chi connectivity index (χ2n) is 6.11. The Morgan fingerprint density at radius 3 is 2.72 bits per heavy atom. The van der Waals surface area contributed by atoms with Gasteiger partial charge in [-0.15, -0.1) is 0 Å². The van der Waals surface area contributed by atoms with Gasteiger partial charge in [-0.1, -0.05) is 31.8 Å². The molecule has 98 valence electrons. The van der Waals surface area contributed by atoms with E-state index >= 15 is 0 Å². The van der Waals surface area contributed by atoms with Crippen molar-refractivity contribution in [2.24, 2.45) is 4.99 Å². The van der Waals surface area contributed by atoms with Crippen molar-refractivity contribution in [3.8, 4) is 0 Å². The molecule has 2 rings (SSSR count). The third kappa shape index (κ3) is 4.29. The Balaban J connectivity index is 2.00. The van der Waals surface area contributed by atoms with Crippen LogP contribution in [0.4, 0.5) is 5.69 Å². The number of rotatable bonds is 3. The predicted octanol–water partition coefficient (Wildman–Crippen LogP) is 5.19. The molecule has 3 heteroatoms. The van der Waals surface area contributed by atoms with Crippen LogP contribution in [0.2, 0.25) is 19.6 Å². The van der Waals surface area contributed by atoms with Crippen molar-refractivity contribution in [3.05, 3.63) is 29.8 Å². The van der Waals surface area contributed by atoms with Gasteiger partial charge in [-0.05, 0) is 43.9 Å². The number of benzene rings is 1. The molecule has 1 aromatic rings. The quantitative estimate of drug-likeness (QED) is 0.693. The summed E-state index contributed by atoms with van der Waals surface area (Å²) >= 11 is 2.24. The highest BCUT2D eigenvalue weighted by Crippen LogP contribution is 2.35. The molecule has 1 aliphatic carbocycles. The minimum absolute atomic E-state index is 0.820. The summed E-state index contributed by atoms with van der Waals surface area (Å²) in [5, 5.41) is 0.820. The fraction of sp³-hybridized carbons (Fsp3) is 0.533. The lowest BCUT2D eigenvalue weighted by Crippen LogP contribution is -2.18. The first-order valence-corrected chi connectivity index (χ1v) is 11.8. The molecule has 18 heavy (non-hydrogen) atoms. The number of nitrogens with zero attached hydrogens (tertiary/aromatic N) is 1. The van der Waals surface area contributed by atoms with Crippen molar-refractivity contribution < 1.29 is 0 Å². The molecular formula is C15H23NSSi. The highest BCUT2D eigenvalue weighted by Gasteiger charge is 2.26. The second-order valence-corrected chi connectivity index (χ2v) is 15.6. The fourth-order valence-corrected chi connectivity index (χ4v) is 7.49. The first kappa shape index (κ1) is 13.9. The molecule has 0 aliphatic heterocycles. The summed E-state index contributed by atoms with van der Waals surface area (Å²) in [7, 11) is -0.991. The van der Waals surface area contributed by atoms with E-state index < -0.39 is 7.22 Å². The van der Waals surface area contributed by atoms with Gasteiger partial charge in [0.15, 0.2) is 0 Å². The molecule has 0 aromatic heterocycles. The molecule has 1 unspecified atom stereocenters. The van der Waals surface area contributed by atoms with Crippen LogP contribution in [0.3, 0.4) is 0 Å². The molecule has 1 saturated carbocycles. The van der Waals surface area contributed by atoms with E-state index in [-0.39, 0.29) is 0 Å². The SMILES string of the molecule is Cc1cccc(N=C2CCC(S[Si](C)(C)C)C2)c1. The lowest BCUT2D eigenvalue weighted by Gasteiger charge is -2.19. The van der Waals surface area contributed by atoms with Gasteiger partial charge in [0.25, 0.3) is 0 Å². The molecule has 0 N–H and O–H groups in total. The van der Waals surface area contributed by atoms with Crippen LogP contribution >= 0.6 is 11.2 Å². The molecule has 0 radical (unpaired) electrons. The summed E-state index contributed by atoms with van der Waals surface area (Å²) in [6.45, 7) is 9.44. The minimum Gasteiger partial charge on any atom is -0.258 e. The Kier molecular flexibility index (Phi) is 4.33. The van der Waals surface area contributed by atoms with Crippen LogP contribution in [-0.2, 0) is 0 Å². The van der Waals surface area contributed by atoms with E-state index in [1.807, 2.05) is 0 Å². The summed E-state index contributed by atoms with van der Waals surface area (Å²) in [5.74, 6) is 0. The molecule has 0 amide bonds. The van der Waals surface area contributed by atoms with Gasteiger partial charge in [0.2, 0.25) is 0 Å². The Morgan fingerprint density at radius 1 is 1.28 bits per heavy atom. The third-order valence-corrected chi connectivity index (χ3v) is 7.59. The van der Waals surface area contributed by atoms with Gasteiger partial charge in [0.05, 0.1) is 5.69 Å². The van der Waals surface area contributed by atoms with E-state index in [2.05, 4.69) is 62.0 Å². The maximum Gasteiger partial charge on any atom is 0.108 e. The molecular weight excluding hydrogens is 254 g/mol. The largest absolute Gasteiger partial charge is 0.258 e. The van der Waals surface area contributed by atoms with Crippen LogP contribution in [0, 0.1) is 6.92 Å². The molecule has 0 bridgehead atoms. The lowest BCUT2D eigenvalue weighted by atomic mass is 10.2. The topological polar surface area (TPSA) is 12.4 Å². The average molecular weight is 278 g/mol. The fourth-order valence-electron chi connectivity index (χ4n) is 2.38. The van der Waals surface area contributed by atoms with Crippen LogP contribution in [0.1, 0.15) is 24.8 Å². The zero-order valence-corrected chi connectivity index (χ0v) is 13.7.